The molecule has 0 atom stereocenters. The molecule has 2 aromatic rings. The molecule has 0 aliphatic heterocycles. The summed E-state index contributed by atoms with van der Waals surface area (Å²) in [5.41, 5.74) is 0. The summed E-state index contributed by atoms with van der Waals surface area (Å²) in [6.07, 6.45) is 0. The average Bonchev–Trinajstić information content (AvgIpc) is 2.32. The normalized spacial score (nSPS) is 9.75. The minimum Gasteiger partial charge on any atom is -0.857 e. The van der Waals surface area contributed by atoms with Crippen LogP contribution in [0.4, 0.5) is 0 Å². The predicted octanol–water partition coefficient (Wildman–Crippen LogP) is -0.973. The predicted molar refractivity (Wildman–Crippen MR) is 44.1 cm³/mol. The molecule has 0 saturated heterocycles. The molecule has 0 aliphatic carbocycles. The molecular weight excluding hydrogens is 205 g/mol. The third kappa shape index (κ3) is 1.75. The van der Waals surface area contributed by atoms with E-state index in [1.807, 2.05) is 0 Å². The first-order valence-corrected chi connectivity index (χ1v) is 4.14. The minimum atomic E-state index is -0.165. The Morgan fingerprint density at radius 1 is 1.42 bits per heavy atom. The maximum absolute atomic E-state index is 10.9. The fourth-order valence-electron chi connectivity index (χ4n) is 0.888. The third-order valence-corrected chi connectivity index (χ3v) is 2.43. The Morgan fingerprint density at radius 2 is 2.17 bits per heavy atom. The zero-order valence-electron chi connectivity index (χ0n) is 6.37. The molecule has 0 fully saturated rings. The Bertz CT molecular complexity index is 403. The molecule has 5 heteroatoms. The van der Waals surface area contributed by atoms with Crippen molar-refractivity contribution in [1.82, 2.24) is 4.37 Å². The fraction of sp³-hybridized carbons (Fsp3) is 0. The van der Waals surface area contributed by atoms with E-state index in [0.29, 0.717) is 10.4 Å². The van der Waals surface area contributed by atoms with Crippen LogP contribution in [0.15, 0.2) is 18.2 Å². The monoisotopic (exact) mass is 207 g/mol. The van der Waals surface area contributed by atoms with E-state index >= 15 is 0 Å². The molecule has 1 heterocycles. The van der Waals surface area contributed by atoms with Crippen molar-refractivity contribution >= 4 is 33.2 Å². The van der Waals surface area contributed by atoms with E-state index in [9.17, 15) is 5.11 Å². The number of nitrogens with zero attached hydrogens (tertiary/aromatic N) is 1. The van der Waals surface area contributed by atoms with Gasteiger partial charge >= 0.3 is 29.6 Å². The third-order valence-electron chi connectivity index (χ3n) is 1.40. The van der Waals surface area contributed by atoms with Gasteiger partial charge < -0.3 is 5.11 Å². The Morgan fingerprint density at radius 3 is 2.92 bits per heavy atom. The Kier molecular flexibility index (Phi) is 3.37. The fourth-order valence-corrected chi connectivity index (χ4v) is 1.84. The van der Waals surface area contributed by atoms with E-state index in [2.05, 4.69) is 4.37 Å². The Labute approximate surface area is 101 Å². The summed E-state index contributed by atoms with van der Waals surface area (Å²) < 4.78 is 4.51. The smallest absolute Gasteiger partial charge is 0.857 e. The van der Waals surface area contributed by atoms with Gasteiger partial charge in [0, 0.05) is 16.3 Å². The zero-order chi connectivity index (χ0) is 7.84. The first-order valence-electron chi connectivity index (χ1n) is 2.99. The molecule has 56 valence electrons. The number of halogens is 1. The summed E-state index contributed by atoms with van der Waals surface area (Å²) in [5.74, 6) is -0.165. The second kappa shape index (κ2) is 3.94. The number of hydrogen-bond acceptors (Lipinski definition) is 3. The number of benzene rings is 1. The van der Waals surface area contributed by atoms with Gasteiger partial charge in [0.1, 0.15) is 0 Å². The standard InChI is InChI=1S/C7H4ClNOS.Na/c8-4-1-2-5-6(3-4)11-9-7(5)10;/h1-3H,(H,9,10);/q;+1/p-1. The van der Waals surface area contributed by atoms with E-state index in [0.717, 1.165) is 4.70 Å². The van der Waals surface area contributed by atoms with E-state index in [1.165, 1.54) is 11.5 Å². The van der Waals surface area contributed by atoms with Crippen molar-refractivity contribution < 1.29 is 34.7 Å². The molecule has 0 unspecified atom stereocenters. The SMILES string of the molecule is [Na+].[O-]c1nsc2cc(Cl)ccc12. The van der Waals surface area contributed by atoms with Crippen molar-refractivity contribution in [1.29, 1.82) is 0 Å². The van der Waals surface area contributed by atoms with Crippen molar-refractivity contribution in [2.24, 2.45) is 0 Å². The Balaban J connectivity index is 0.000000720. The summed E-state index contributed by atoms with van der Waals surface area (Å²) >= 11 is 6.89. The van der Waals surface area contributed by atoms with Crippen LogP contribution in [-0.4, -0.2) is 4.37 Å². The summed E-state index contributed by atoms with van der Waals surface area (Å²) in [4.78, 5) is 0. The van der Waals surface area contributed by atoms with E-state index in [4.69, 9.17) is 11.6 Å². The van der Waals surface area contributed by atoms with Crippen molar-refractivity contribution in [3.05, 3.63) is 23.2 Å². The van der Waals surface area contributed by atoms with Crippen LogP contribution in [0, 0.1) is 0 Å². The molecule has 12 heavy (non-hydrogen) atoms. The average molecular weight is 208 g/mol. The van der Waals surface area contributed by atoms with Crippen molar-refractivity contribution in [2.45, 2.75) is 0 Å². The summed E-state index contributed by atoms with van der Waals surface area (Å²) in [6, 6.07) is 5.14. The first-order chi connectivity index (χ1) is 5.27. The van der Waals surface area contributed by atoms with Gasteiger partial charge in [-0.25, -0.2) is 4.37 Å². The van der Waals surface area contributed by atoms with Crippen LogP contribution in [-0.2, 0) is 0 Å². The maximum atomic E-state index is 10.9. The van der Waals surface area contributed by atoms with Crippen LogP contribution in [0.25, 0.3) is 10.1 Å². The molecular formula is C7H3ClNNaOS. The molecule has 1 aromatic heterocycles. The zero-order valence-corrected chi connectivity index (χ0v) is 9.95. The number of aromatic nitrogens is 1. The van der Waals surface area contributed by atoms with Crippen LogP contribution < -0.4 is 34.7 Å². The first kappa shape index (κ1) is 10.3. The largest absolute Gasteiger partial charge is 1.00 e. The molecule has 0 amide bonds. The van der Waals surface area contributed by atoms with Crippen LogP contribution in [0.3, 0.4) is 0 Å². The molecule has 2 rings (SSSR count). The van der Waals surface area contributed by atoms with Gasteiger partial charge in [-0.3, -0.25) is 0 Å². The summed E-state index contributed by atoms with van der Waals surface area (Å²) in [6.45, 7) is 0. The van der Waals surface area contributed by atoms with Crippen LogP contribution in [0.1, 0.15) is 0 Å². The quantitative estimate of drug-likeness (QED) is 0.521. The topological polar surface area (TPSA) is 36.0 Å². The molecule has 0 saturated carbocycles. The van der Waals surface area contributed by atoms with Crippen LogP contribution >= 0.6 is 23.1 Å². The molecule has 0 bridgehead atoms. The molecule has 0 radical (unpaired) electrons. The maximum Gasteiger partial charge on any atom is 1.00 e. The van der Waals surface area contributed by atoms with E-state index in [1.54, 1.807) is 18.2 Å². The van der Waals surface area contributed by atoms with Gasteiger partial charge in [0.25, 0.3) is 0 Å². The Hall–Kier alpha value is 0.200. The second-order valence-electron chi connectivity index (χ2n) is 2.13. The number of rotatable bonds is 0. The van der Waals surface area contributed by atoms with Crippen molar-refractivity contribution in [3.8, 4) is 5.88 Å². The molecule has 0 spiro atoms. The van der Waals surface area contributed by atoms with Crippen LogP contribution in [0.5, 0.6) is 5.88 Å². The van der Waals surface area contributed by atoms with Gasteiger partial charge in [-0.1, -0.05) is 17.7 Å². The van der Waals surface area contributed by atoms with Gasteiger partial charge in [0.05, 0.1) is 4.70 Å². The van der Waals surface area contributed by atoms with Gasteiger partial charge in [-0.05, 0) is 23.7 Å². The van der Waals surface area contributed by atoms with Gasteiger partial charge in [-0.15, -0.1) is 0 Å². The molecule has 2 nitrogen and oxygen atoms in total. The number of fused-ring (bicyclic) bond motifs is 1. The van der Waals surface area contributed by atoms with Gasteiger partial charge in [0.2, 0.25) is 0 Å². The van der Waals surface area contributed by atoms with Gasteiger partial charge in [-0.2, -0.15) is 0 Å². The van der Waals surface area contributed by atoms with E-state index in [-0.39, 0.29) is 35.4 Å². The molecule has 0 aliphatic rings. The van der Waals surface area contributed by atoms with E-state index < -0.39 is 0 Å². The minimum absolute atomic E-state index is 0. The molecule has 0 N–H and O–H groups in total. The second-order valence-corrected chi connectivity index (χ2v) is 3.37. The van der Waals surface area contributed by atoms with Crippen LogP contribution in [0.2, 0.25) is 5.02 Å². The molecule has 1 aromatic carbocycles. The van der Waals surface area contributed by atoms with Gasteiger partial charge in [0.15, 0.2) is 0 Å². The summed E-state index contributed by atoms with van der Waals surface area (Å²) in [7, 11) is 0. The summed E-state index contributed by atoms with van der Waals surface area (Å²) in [5, 5.41) is 12.2. The van der Waals surface area contributed by atoms with Crippen molar-refractivity contribution in [2.75, 3.05) is 0 Å². The number of hydrogen-bond donors (Lipinski definition) is 0. The van der Waals surface area contributed by atoms with Crippen molar-refractivity contribution in [3.63, 3.8) is 0 Å².